The highest BCUT2D eigenvalue weighted by Gasteiger charge is 2.11. The van der Waals surface area contributed by atoms with Crippen molar-refractivity contribution in [2.24, 2.45) is 0 Å². The van der Waals surface area contributed by atoms with Gasteiger partial charge in [0, 0.05) is 0 Å². The summed E-state index contributed by atoms with van der Waals surface area (Å²) in [4.78, 5) is 11.3. The summed E-state index contributed by atoms with van der Waals surface area (Å²) in [5.74, 6) is -0.621. The second kappa shape index (κ2) is 3.73. The van der Waals surface area contributed by atoms with Gasteiger partial charge in [-0.25, -0.2) is 0 Å². The molecule has 0 aliphatic carbocycles. The van der Waals surface area contributed by atoms with Crippen LogP contribution in [0.1, 0.15) is 12.5 Å². The Bertz CT molecular complexity index is 510. The Balaban J connectivity index is 2.50. The van der Waals surface area contributed by atoms with Gasteiger partial charge in [-0.3, -0.25) is 15.0 Å². The molecule has 0 fully saturated rings. The van der Waals surface area contributed by atoms with Crippen LogP contribution in [0.25, 0.3) is 11.1 Å². The summed E-state index contributed by atoms with van der Waals surface area (Å²) in [6.07, 6.45) is 0.923. The minimum Gasteiger partial charge on any atom is -0.273 e. The molecule has 2 aromatic rings. The molecule has 1 aromatic carbocycles. The van der Waals surface area contributed by atoms with Crippen LogP contribution < -0.4 is 5.56 Å². The molecule has 0 unspecified atom stereocenters. The zero-order chi connectivity index (χ0) is 10.8. The molecular weight excluding hydrogens is 195 g/mol. The molecule has 0 aliphatic rings. The van der Waals surface area contributed by atoms with Crippen molar-refractivity contribution >= 4 is 0 Å². The number of aromatic nitrogens is 2. The van der Waals surface area contributed by atoms with Crippen molar-refractivity contribution in [2.45, 2.75) is 13.3 Å². The van der Waals surface area contributed by atoms with E-state index in [1.807, 2.05) is 19.1 Å². The average Bonchev–Trinajstić information content (AvgIpc) is 2.59. The fourth-order valence-corrected chi connectivity index (χ4v) is 1.50. The van der Waals surface area contributed by atoms with Crippen LogP contribution in [0.4, 0.5) is 4.39 Å². The van der Waals surface area contributed by atoms with E-state index >= 15 is 0 Å². The van der Waals surface area contributed by atoms with E-state index in [-0.39, 0.29) is 5.56 Å². The first-order valence-electron chi connectivity index (χ1n) is 4.78. The highest BCUT2D eigenvalue weighted by molar-refractivity contribution is 5.62. The fraction of sp³-hybridized carbons (Fsp3) is 0.182. The topological polar surface area (TPSA) is 48.6 Å². The molecule has 0 aliphatic heterocycles. The first-order valence-corrected chi connectivity index (χ1v) is 4.78. The number of rotatable bonds is 2. The van der Waals surface area contributed by atoms with E-state index in [9.17, 15) is 9.18 Å². The first-order chi connectivity index (χ1) is 7.22. The molecule has 0 radical (unpaired) electrons. The third-order valence-electron chi connectivity index (χ3n) is 2.38. The molecule has 0 saturated heterocycles. The number of H-pyrrole nitrogens is 2. The highest BCUT2D eigenvalue weighted by atomic mass is 19.1. The molecule has 0 saturated carbocycles. The summed E-state index contributed by atoms with van der Waals surface area (Å²) in [5.41, 5.74) is 1.38. The number of benzene rings is 1. The van der Waals surface area contributed by atoms with Gasteiger partial charge in [0.15, 0.2) is 0 Å². The molecule has 78 valence electrons. The van der Waals surface area contributed by atoms with Crippen molar-refractivity contribution in [3.8, 4) is 11.1 Å². The van der Waals surface area contributed by atoms with Crippen LogP contribution in [0.5, 0.6) is 0 Å². The second-order valence-electron chi connectivity index (χ2n) is 3.32. The van der Waals surface area contributed by atoms with E-state index in [1.54, 1.807) is 12.1 Å². The lowest BCUT2D eigenvalue weighted by Gasteiger charge is -1.99. The number of hydrogen-bond donors (Lipinski definition) is 2. The van der Waals surface area contributed by atoms with Gasteiger partial charge in [-0.1, -0.05) is 31.2 Å². The SMILES string of the molecule is CCc1ccc(-c2c(F)[nH][nH]c2=O)cc1. The molecule has 3 nitrogen and oxygen atoms in total. The summed E-state index contributed by atoms with van der Waals surface area (Å²) >= 11 is 0. The van der Waals surface area contributed by atoms with Gasteiger partial charge in [-0.2, -0.15) is 4.39 Å². The maximum atomic E-state index is 13.2. The molecule has 2 rings (SSSR count). The molecular formula is C11H11FN2O. The lowest BCUT2D eigenvalue weighted by Crippen LogP contribution is -2.01. The van der Waals surface area contributed by atoms with E-state index in [2.05, 4.69) is 10.2 Å². The van der Waals surface area contributed by atoms with Gasteiger partial charge in [0.2, 0.25) is 5.95 Å². The van der Waals surface area contributed by atoms with E-state index in [4.69, 9.17) is 0 Å². The van der Waals surface area contributed by atoms with Gasteiger partial charge in [0.05, 0.1) is 0 Å². The molecule has 0 atom stereocenters. The van der Waals surface area contributed by atoms with Crippen molar-refractivity contribution in [3.05, 3.63) is 46.1 Å². The summed E-state index contributed by atoms with van der Waals surface area (Å²) in [7, 11) is 0. The Morgan fingerprint density at radius 1 is 1.20 bits per heavy atom. The molecule has 0 bridgehead atoms. The quantitative estimate of drug-likeness (QED) is 0.776. The van der Waals surface area contributed by atoms with Gasteiger partial charge in [0.25, 0.3) is 5.56 Å². The molecule has 2 N–H and O–H groups in total. The number of hydrogen-bond acceptors (Lipinski definition) is 1. The van der Waals surface area contributed by atoms with Crippen LogP contribution in [-0.4, -0.2) is 10.2 Å². The van der Waals surface area contributed by atoms with Crippen molar-refractivity contribution in [1.29, 1.82) is 0 Å². The average molecular weight is 206 g/mol. The van der Waals surface area contributed by atoms with Crippen molar-refractivity contribution < 1.29 is 4.39 Å². The van der Waals surface area contributed by atoms with Crippen LogP contribution in [-0.2, 0) is 6.42 Å². The van der Waals surface area contributed by atoms with Gasteiger partial charge in [0.1, 0.15) is 5.56 Å². The number of nitrogens with one attached hydrogen (secondary N) is 2. The van der Waals surface area contributed by atoms with Gasteiger partial charge in [-0.05, 0) is 17.5 Å². The minimum atomic E-state index is -0.621. The Labute approximate surface area is 85.9 Å². The molecule has 1 aromatic heterocycles. The third kappa shape index (κ3) is 1.70. The van der Waals surface area contributed by atoms with Crippen LogP contribution in [0.2, 0.25) is 0 Å². The molecule has 1 heterocycles. The van der Waals surface area contributed by atoms with Gasteiger partial charge >= 0.3 is 0 Å². The maximum Gasteiger partial charge on any atom is 0.274 e. The van der Waals surface area contributed by atoms with E-state index in [0.29, 0.717) is 5.56 Å². The summed E-state index contributed by atoms with van der Waals surface area (Å²) in [6, 6.07) is 7.28. The summed E-state index contributed by atoms with van der Waals surface area (Å²) in [6.45, 7) is 2.04. The van der Waals surface area contributed by atoms with Crippen LogP contribution in [0.15, 0.2) is 29.1 Å². The summed E-state index contributed by atoms with van der Waals surface area (Å²) in [5, 5.41) is 4.37. The largest absolute Gasteiger partial charge is 0.274 e. The zero-order valence-corrected chi connectivity index (χ0v) is 8.30. The van der Waals surface area contributed by atoms with E-state index < -0.39 is 11.5 Å². The van der Waals surface area contributed by atoms with Crippen molar-refractivity contribution in [2.75, 3.05) is 0 Å². The lowest BCUT2D eigenvalue weighted by molar-refractivity contribution is 0.582. The monoisotopic (exact) mass is 206 g/mol. The third-order valence-corrected chi connectivity index (χ3v) is 2.38. The van der Waals surface area contributed by atoms with Crippen LogP contribution in [0, 0.1) is 5.95 Å². The number of aryl methyl sites for hydroxylation is 1. The first kappa shape index (κ1) is 9.71. The Morgan fingerprint density at radius 2 is 1.87 bits per heavy atom. The maximum absolute atomic E-state index is 13.2. The number of aromatic amines is 2. The summed E-state index contributed by atoms with van der Waals surface area (Å²) < 4.78 is 13.2. The molecule has 4 heteroatoms. The highest BCUT2D eigenvalue weighted by Crippen LogP contribution is 2.18. The smallest absolute Gasteiger partial charge is 0.273 e. The molecule has 0 amide bonds. The minimum absolute atomic E-state index is 0.0673. The zero-order valence-electron chi connectivity index (χ0n) is 8.30. The molecule has 0 spiro atoms. The lowest BCUT2D eigenvalue weighted by atomic mass is 10.1. The standard InChI is InChI=1S/C11H11FN2O/c1-2-7-3-5-8(6-4-7)9-10(12)13-14-11(9)15/h3-6H,2H2,1H3,(H2,13,14,15). The van der Waals surface area contributed by atoms with Crippen molar-refractivity contribution in [1.82, 2.24) is 10.2 Å². The van der Waals surface area contributed by atoms with E-state index in [1.165, 1.54) is 0 Å². The van der Waals surface area contributed by atoms with Gasteiger partial charge in [-0.15, -0.1) is 0 Å². The predicted octanol–water partition coefficient (Wildman–Crippen LogP) is 2.07. The predicted molar refractivity (Wildman–Crippen MR) is 56.2 cm³/mol. The van der Waals surface area contributed by atoms with E-state index in [0.717, 1.165) is 12.0 Å². The van der Waals surface area contributed by atoms with Gasteiger partial charge < -0.3 is 0 Å². The Hall–Kier alpha value is -1.84. The normalized spacial score (nSPS) is 10.5. The Morgan fingerprint density at radius 3 is 2.33 bits per heavy atom. The fourth-order valence-electron chi connectivity index (χ4n) is 1.50. The second-order valence-corrected chi connectivity index (χ2v) is 3.32. The molecule has 15 heavy (non-hydrogen) atoms. The van der Waals surface area contributed by atoms with Crippen LogP contribution >= 0.6 is 0 Å². The number of halogens is 1. The van der Waals surface area contributed by atoms with Crippen molar-refractivity contribution in [3.63, 3.8) is 0 Å². The Kier molecular flexibility index (Phi) is 2.41. The van der Waals surface area contributed by atoms with Crippen LogP contribution in [0.3, 0.4) is 0 Å².